The normalized spacial score (nSPS) is 26.9. The summed E-state index contributed by atoms with van der Waals surface area (Å²) in [7, 11) is 0. The lowest BCUT2D eigenvalue weighted by molar-refractivity contribution is -0.131. The van der Waals surface area contributed by atoms with Gasteiger partial charge in [0, 0.05) is 37.5 Å². The van der Waals surface area contributed by atoms with Gasteiger partial charge in [0.05, 0.1) is 0 Å². The maximum Gasteiger partial charge on any atom is 0.256 e. The van der Waals surface area contributed by atoms with E-state index in [0.29, 0.717) is 31.6 Å². The van der Waals surface area contributed by atoms with Gasteiger partial charge in [-0.3, -0.25) is 19.5 Å². The monoisotopic (exact) mass is 473 g/mol. The molecule has 3 heterocycles. The molecule has 2 saturated carbocycles. The second kappa shape index (κ2) is 7.97. The number of rotatable bonds is 5. The van der Waals surface area contributed by atoms with E-state index in [1.54, 1.807) is 0 Å². The first-order valence-electron chi connectivity index (χ1n) is 13.1. The second-order valence-corrected chi connectivity index (χ2v) is 10.8. The molecule has 0 radical (unpaired) electrons. The van der Waals surface area contributed by atoms with Gasteiger partial charge in [-0.05, 0) is 61.7 Å². The van der Waals surface area contributed by atoms with Crippen LogP contribution in [0.5, 0.6) is 0 Å². The number of amides is 2. The fourth-order valence-corrected chi connectivity index (χ4v) is 5.85. The van der Waals surface area contributed by atoms with Crippen LogP contribution in [0.4, 0.5) is 0 Å². The highest BCUT2D eigenvalue weighted by molar-refractivity contribution is 6.16. The zero-order valence-electron chi connectivity index (χ0n) is 20.0. The first-order valence-corrected chi connectivity index (χ1v) is 13.1. The lowest BCUT2D eigenvalue weighted by Crippen LogP contribution is -2.40. The Morgan fingerprint density at radius 2 is 1.80 bits per heavy atom. The van der Waals surface area contributed by atoms with E-state index < -0.39 is 5.54 Å². The molecule has 1 spiro atoms. The molecule has 6 aliphatic rings. The minimum Gasteiger partial charge on any atom is -0.491 e. The van der Waals surface area contributed by atoms with Gasteiger partial charge >= 0.3 is 0 Å². The van der Waals surface area contributed by atoms with Crippen LogP contribution in [0.1, 0.15) is 56.1 Å². The van der Waals surface area contributed by atoms with Gasteiger partial charge in [-0.25, -0.2) is 0 Å². The van der Waals surface area contributed by atoms with E-state index in [0.717, 1.165) is 86.5 Å². The molecule has 0 unspecified atom stereocenters. The molecule has 2 amide bonds. The lowest BCUT2D eigenvalue weighted by Gasteiger charge is -2.25. The molecule has 0 N–H and O–H groups in total. The van der Waals surface area contributed by atoms with Crippen molar-refractivity contribution in [2.75, 3.05) is 32.8 Å². The summed E-state index contributed by atoms with van der Waals surface area (Å²) in [5, 5.41) is 0. The molecular weight excluding hydrogens is 442 g/mol. The SMILES string of the molecule is O=C(C1CC1)N1CC[C@@H](CN2C(=O)C3(CC3)N=C2c2ccc(C3=CC4=C(CC3)OCCO4)cc2)C1. The predicted molar refractivity (Wildman–Crippen MR) is 130 cm³/mol. The summed E-state index contributed by atoms with van der Waals surface area (Å²) < 4.78 is 11.5. The Bertz CT molecular complexity index is 1170. The highest BCUT2D eigenvalue weighted by Gasteiger charge is 2.57. The van der Waals surface area contributed by atoms with Crippen molar-refractivity contribution in [2.24, 2.45) is 16.8 Å². The van der Waals surface area contributed by atoms with Gasteiger partial charge < -0.3 is 14.4 Å². The molecule has 1 aromatic carbocycles. The number of benzene rings is 1. The Balaban J connectivity index is 1.09. The average Bonchev–Trinajstić information content (AvgIpc) is 3.82. The minimum atomic E-state index is -0.525. The predicted octanol–water partition coefficient (Wildman–Crippen LogP) is 3.50. The first-order chi connectivity index (χ1) is 17.1. The van der Waals surface area contributed by atoms with Crippen LogP contribution in [0.25, 0.3) is 5.57 Å². The zero-order valence-corrected chi connectivity index (χ0v) is 20.0. The maximum absolute atomic E-state index is 13.3. The Labute approximate surface area is 205 Å². The van der Waals surface area contributed by atoms with Crippen molar-refractivity contribution in [1.82, 2.24) is 9.80 Å². The van der Waals surface area contributed by atoms with E-state index in [2.05, 4.69) is 30.3 Å². The molecule has 1 atom stereocenters. The Morgan fingerprint density at radius 3 is 2.57 bits per heavy atom. The summed E-state index contributed by atoms with van der Waals surface area (Å²) in [5.41, 5.74) is 2.87. The molecule has 7 heteroatoms. The molecule has 35 heavy (non-hydrogen) atoms. The molecule has 182 valence electrons. The van der Waals surface area contributed by atoms with E-state index in [1.165, 1.54) is 5.57 Å². The van der Waals surface area contributed by atoms with Gasteiger partial charge in [-0.2, -0.15) is 0 Å². The van der Waals surface area contributed by atoms with Crippen molar-refractivity contribution in [3.8, 4) is 0 Å². The number of aliphatic imine (C=N–C) groups is 1. The van der Waals surface area contributed by atoms with Crippen LogP contribution in [0, 0.1) is 11.8 Å². The number of hydrogen-bond donors (Lipinski definition) is 0. The molecule has 3 aliphatic heterocycles. The molecule has 3 aliphatic carbocycles. The van der Waals surface area contributed by atoms with Crippen molar-refractivity contribution in [1.29, 1.82) is 0 Å². The molecule has 1 aromatic rings. The molecule has 0 bridgehead atoms. The summed E-state index contributed by atoms with van der Waals surface area (Å²) in [5.74, 6) is 3.66. The number of amidine groups is 1. The summed E-state index contributed by atoms with van der Waals surface area (Å²) in [4.78, 5) is 34.7. The van der Waals surface area contributed by atoms with E-state index in [9.17, 15) is 9.59 Å². The molecular formula is C28H31N3O4. The van der Waals surface area contributed by atoms with E-state index in [1.807, 2.05) is 9.80 Å². The van der Waals surface area contributed by atoms with Crippen molar-refractivity contribution in [2.45, 2.75) is 50.5 Å². The standard InChI is InChI=1S/C28H31N3O4/c32-26(21-5-6-21)30-12-9-18(16-30)17-31-25(29-28(10-11-28)27(31)33)20-3-1-19(2-4-20)22-7-8-23-24(15-22)35-14-13-34-23/h1-4,15,18,21H,5-14,16-17H2/t18-/m1/s1. The fraction of sp³-hybridized carbons (Fsp3) is 0.536. The molecule has 7 rings (SSSR count). The summed E-state index contributed by atoms with van der Waals surface area (Å²) in [6.45, 7) is 3.45. The van der Waals surface area contributed by atoms with Crippen LogP contribution in [0.3, 0.4) is 0 Å². The van der Waals surface area contributed by atoms with Gasteiger partial charge in [0.2, 0.25) is 5.91 Å². The van der Waals surface area contributed by atoms with Crippen LogP contribution < -0.4 is 0 Å². The van der Waals surface area contributed by atoms with Crippen molar-refractivity contribution < 1.29 is 19.1 Å². The van der Waals surface area contributed by atoms with Gasteiger partial charge in [-0.1, -0.05) is 24.3 Å². The summed E-state index contributed by atoms with van der Waals surface area (Å²) in [6.07, 6.45) is 8.60. The fourth-order valence-electron chi connectivity index (χ4n) is 5.85. The third-order valence-corrected chi connectivity index (χ3v) is 8.24. The van der Waals surface area contributed by atoms with Crippen LogP contribution >= 0.6 is 0 Å². The average molecular weight is 474 g/mol. The second-order valence-electron chi connectivity index (χ2n) is 10.8. The largest absolute Gasteiger partial charge is 0.491 e. The number of nitrogens with zero attached hydrogens (tertiary/aromatic N) is 3. The quantitative estimate of drug-likeness (QED) is 0.656. The molecule has 1 saturated heterocycles. The molecule has 7 nitrogen and oxygen atoms in total. The number of ether oxygens (including phenoxy) is 2. The molecule has 0 aromatic heterocycles. The minimum absolute atomic E-state index is 0.146. The van der Waals surface area contributed by atoms with Crippen LogP contribution in [-0.2, 0) is 19.1 Å². The van der Waals surface area contributed by atoms with Crippen molar-refractivity contribution in [3.05, 3.63) is 53.0 Å². The topological polar surface area (TPSA) is 71.4 Å². The summed E-state index contributed by atoms with van der Waals surface area (Å²) in [6, 6.07) is 8.45. The van der Waals surface area contributed by atoms with Gasteiger partial charge in [0.15, 0.2) is 5.76 Å². The third-order valence-electron chi connectivity index (χ3n) is 8.24. The van der Waals surface area contributed by atoms with Gasteiger partial charge in [0.25, 0.3) is 5.91 Å². The number of carbonyl (C=O) groups excluding carboxylic acids is 2. The smallest absolute Gasteiger partial charge is 0.256 e. The van der Waals surface area contributed by atoms with E-state index >= 15 is 0 Å². The zero-order chi connectivity index (χ0) is 23.6. The number of likely N-dealkylation sites (tertiary alicyclic amines) is 1. The highest BCUT2D eigenvalue weighted by atomic mass is 16.6. The van der Waals surface area contributed by atoms with Crippen molar-refractivity contribution in [3.63, 3.8) is 0 Å². The van der Waals surface area contributed by atoms with Gasteiger partial charge in [-0.15, -0.1) is 0 Å². The van der Waals surface area contributed by atoms with Crippen LogP contribution in [0.2, 0.25) is 0 Å². The lowest BCUT2D eigenvalue weighted by atomic mass is 9.94. The third kappa shape index (κ3) is 3.76. The molecule has 3 fully saturated rings. The Kier molecular flexibility index (Phi) is 4.83. The van der Waals surface area contributed by atoms with Crippen LogP contribution in [0.15, 0.2) is 46.9 Å². The van der Waals surface area contributed by atoms with Gasteiger partial charge in [0.1, 0.15) is 30.3 Å². The first kappa shape index (κ1) is 21.2. The Morgan fingerprint density at radius 1 is 1.03 bits per heavy atom. The van der Waals surface area contributed by atoms with Crippen molar-refractivity contribution >= 4 is 23.2 Å². The Hall–Kier alpha value is -3.09. The van der Waals surface area contributed by atoms with Crippen LogP contribution in [-0.4, -0.2) is 65.8 Å². The number of hydrogen-bond acceptors (Lipinski definition) is 5. The van der Waals surface area contributed by atoms with E-state index in [4.69, 9.17) is 14.5 Å². The highest BCUT2D eigenvalue weighted by Crippen LogP contribution is 2.46. The number of allylic oxidation sites excluding steroid dienone is 3. The maximum atomic E-state index is 13.3. The summed E-state index contributed by atoms with van der Waals surface area (Å²) >= 11 is 0. The van der Waals surface area contributed by atoms with E-state index in [-0.39, 0.29) is 11.8 Å². The number of carbonyl (C=O) groups is 2.